The fourth-order valence-corrected chi connectivity index (χ4v) is 5.28. The third kappa shape index (κ3) is 6.49. The number of allylic oxidation sites excluding steroid dienone is 1. The molecule has 1 unspecified atom stereocenters. The summed E-state index contributed by atoms with van der Waals surface area (Å²) in [6, 6.07) is 10.0. The van der Waals surface area contributed by atoms with Gasteiger partial charge >= 0.3 is 23.9 Å². The van der Waals surface area contributed by atoms with Gasteiger partial charge in [0.15, 0.2) is 4.80 Å². The Labute approximate surface area is 237 Å². The second-order valence-electron chi connectivity index (χ2n) is 8.85. The summed E-state index contributed by atoms with van der Waals surface area (Å²) in [6.45, 7) is 7.22. The van der Waals surface area contributed by atoms with E-state index in [1.807, 2.05) is 0 Å². The summed E-state index contributed by atoms with van der Waals surface area (Å²) in [5.41, 5.74) is 1.08. The van der Waals surface area contributed by atoms with Crippen LogP contribution in [-0.4, -0.2) is 35.1 Å². The average Bonchev–Trinajstić information content (AvgIpc) is 3.18. The van der Waals surface area contributed by atoms with Crippen molar-refractivity contribution in [1.29, 1.82) is 0 Å². The highest BCUT2D eigenvalue weighted by Gasteiger charge is 2.33. The molecule has 1 aliphatic rings. The van der Waals surface area contributed by atoms with Crippen LogP contribution in [0.25, 0.3) is 6.08 Å². The lowest BCUT2D eigenvalue weighted by atomic mass is 9.96. The van der Waals surface area contributed by atoms with Crippen molar-refractivity contribution >= 4 is 41.3 Å². The molecule has 1 aliphatic heterocycles. The van der Waals surface area contributed by atoms with Gasteiger partial charge in [-0.25, -0.2) is 9.79 Å². The first kappa shape index (κ1) is 29.2. The minimum Gasteiger partial charge on any atom is -0.463 e. The third-order valence-electron chi connectivity index (χ3n) is 5.76. The first-order valence-corrected chi connectivity index (χ1v) is 13.3. The van der Waals surface area contributed by atoms with Crippen molar-refractivity contribution in [3.05, 3.63) is 84.5 Å². The second-order valence-corrected chi connectivity index (χ2v) is 9.86. The summed E-state index contributed by atoms with van der Waals surface area (Å²) in [4.78, 5) is 66.3. The molecule has 0 aliphatic carbocycles. The first-order valence-electron chi connectivity index (χ1n) is 12.5. The number of fused-ring (bicyclic) bond motifs is 1. The van der Waals surface area contributed by atoms with E-state index in [2.05, 4.69) is 4.99 Å². The van der Waals surface area contributed by atoms with Gasteiger partial charge in [-0.05, 0) is 49.8 Å². The fraction of sp³-hybridized carbons (Fsp3) is 0.241. The molecule has 0 saturated heterocycles. The maximum atomic E-state index is 13.9. The van der Waals surface area contributed by atoms with Gasteiger partial charge in [-0.3, -0.25) is 23.7 Å². The van der Waals surface area contributed by atoms with Gasteiger partial charge in [0, 0.05) is 32.4 Å². The normalized spacial score (nSPS) is 14.6. The summed E-state index contributed by atoms with van der Waals surface area (Å²) in [5.74, 6) is -1.69. The van der Waals surface area contributed by atoms with Gasteiger partial charge in [-0.1, -0.05) is 23.5 Å². The first-order chi connectivity index (χ1) is 19.5. The van der Waals surface area contributed by atoms with Crippen LogP contribution in [-0.2, 0) is 23.9 Å². The zero-order valence-electron chi connectivity index (χ0n) is 22.9. The van der Waals surface area contributed by atoms with Crippen molar-refractivity contribution < 1.29 is 38.1 Å². The predicted molar refractivity (Wildman–Crippen MR) is 147 cm³/mol. The van der Waals surface area contributed by atoms with Gasteiger partial charge in [0.25, 0.3) is 5.56 Å². The Balaban J connectivity index is 1.90. The van der Waals surface area contributed by atoms with E-state index in [1.54, 1.807) is 44.2 Å². The third-order valence-corrected chi connectivity index (χ3v) is 6.74. The molecule has 2 aromatic carbocycles. The van der Waals surface area contributed by atoms with Crippen molar-refractivity contribution in [2.24, 2.45) is 4.99 Å². The molecule has 212 valence electrons. The number of thiazole rings is 1. The molecule has 2 heterocycles. The summed E-state index contributed by atoms with van der Waals surface area (Å²) in [5, 5.41) is 0. The van der Waals surface area contributed by atoms with Crippen LogP contribution in [0.3, 0.4) is 0 Å². The maximum absolute atomic E-state index is 13.9. The minimum absolute atomic E-state index is 0.0862. The number of carbonyl (C=O) groups is 4. The zero-order valence-corrected chi connectivity index (χ0v) is 23.7. The van der Waals surface area contributed by atoms with Crippen LogP contribution < -0.4 is 29.1 Å². The fourth-order valence-electron chi connectivity index (χ4n) is 4.24. The molecule has 0 N–H and O–H groups in total. The number of aromatic nitrogens is 1. The van der Waals surface area contributed by atoms with E-state index in [1.165, 1.54) is 43.5 Å². The topological polar surface area (TPSA) is 140 Å². The molecule has 0 amide bonds. The van der Waals surface area contributed by atoms with Crippen molar-refractivity contribution in [3.8, 4) is 17.2 Å². The molecular weight excluding hydrogens is 552 g/mol. The molecule has 41 heavy (non-hydrogen) atoms. The van der Waals surface area contributed by atoms with Crippen LogP contribution in [0.4, 0.5) is 0 Å². The van der Waals surface area contributed by atoms with E-state index < -0.39 is 35.5 Å². The van der Waals surface area contributed by atoms with Gasteiger partial charge in [0.05, 0.1) is 28.5 Å². The number of nitrogens with zero attached hydrogens (tertiary/aromatic N) is 2. The van der Waals surface area contributed by atoms with Crippen molar-refractivity contribution in [2.75, 3.05) is 6.61 Å². The van der Waals surface area contributed by atoms with Crippen molar-refractivity contribution in [3.63, 3.8) is 0 Å². The second kappa shape index (κ2) is 12.1. The van der Waals surface area contributed by atoms with E-state index in [0.29, 0.717) is 27.4 Å². The van der Waals surface area contributed by atoms with Gasteiger partial charge in [-0.2, -0.15) is 0 Å². The van der Waals surface area contributed by atoms with Gasteiger partial charge in [0.2, 0.25) is 0 Å². The summed E-state index contributed by atoms with van der Waals surface area (Å²) < 4.78 is 22.5. The van der Waals surface area contributed by atoms with E-state index in [-0.39, 0.29) is 28.2 Å². The number of rotatable bonds is 7. The maximum Gasteiger partial charge on any atom is 0.338 e. The highest BCUT2D eigenvalue weighted by molar-refractivity contribution is 7.07. The summed E-state index contributed by atoms with van der Waals surface area (Å²) in [7, 11) is 0. The van der Waals surface area contributed by atoms with Crippen LogP contribution >= 0.6 is 11.3 Å². The molecule has 11 nitrogen and oxygen atoms in total. The molecule has 1 atom stereocenters. The van der Waals surface area contributed by atoms with Gasteiger partial charge in [0.1, 0.15) is 17.2 Å². The Morgan fingerprint density at radius 1 is 0.927 bits per heavy atom. The number of carbonyl (C=O) groups excluding carboxylic acids is 4. The average molecular weight is 579 g/mol. The number of hydrogen-bond acceptors (Lipinski definition) is 11. The van der Waals surface area contributed by atoms with Crippen LogP contribution in [0.5, 0.6) is 17.2 Å². The molecule has 12 heteroatoms. The molecule has 3 aromatic rings. The van der Waals surface area contributed by atoms with Crippen molar-refractivity contribution in [2.45, 2.75) is 40.7 Å². The molecular formula is C29H26N2O9S. The van der Waals surface area contributed by atoms with Crippen LogP contribution in [0.1, 0.15) is 51.8 Å². The molecule has 4 rings (SSSR count). The highest BCUT2D eigenvalue weighted by atomic mass is 32.1. The highest BCUT2D eigenvalue weighted by Crippen LogP contribution is 2.32. The summed E-state index contributed by atoms with van der Waals surface area (Å²) >= 11 is 1.09. The lowest BCUT2D eigenvalue weighted by Gasteiger charge is -2.24. The van der Waals surface area contributed by atoms with Gasteiger partial charge < -0.3 is 18.9 Å². The standard InChI is InChI=1S/C29H26N2O9S/c1-6-37-28(36)25-15(2)30-29-31(26(25)19-7-10-21(11-8-19)38-16(3)32)27(35)24(41-29)13-20-9-12-22(39-17(4)33)14-23(20)40-18(5)34/h7-14,26H,6H2,1-5H3/b24-13+. The zero-order chi connectivity index (χ0) is 29.8. The number of ether oxygens (including phenoxy) is 4. The lowest BCUT2D eigenvalue weighted by molar-refractivity contribution is -0.139. The molecule has 0 spiro atoms. The van der Waals surface area contributed by atoms with Gasteiger partial charge in [-0.15, -0.1) is 0 Å². The molecule has 0 saturated carbocycles. The summed E-state index contributed by atoms with van der Waals surface area (Å²) in [6.07, 6.45) is 1.53. The quantitative estimate of drug-likeness (QED) is 0.306. The Morgan fingerprint density at radius 3 is 2.15 bits per heavy atom. The Bertz CT molecular complexity index is 1760. The smallest absolute Gasteiger partial charge is 0.338 e. The van der Waals surface area contributed by atoms with Crippen LogP contribution in [0, 0.1) is 0 Å². The minimum atomic E-state index is -0.877. The number of benzene rings is 2. The van der Waals surface area contributed by atoms with Crippen molar-refractivity contribution in [1.82, 2.24) is 4.57 Å². The van der Waals surface area contributed by atoms with E-state index in [9.17, 15) is 24.0 Å². The Hall–Kier alpha value is -4.84. The molecule has 1 aromatic heterocycles. The molecule has 0 bridgehead atoms. The molecule has 0 radical (unpaired) electrons. The SMILES string of the molecule is CCOC(=O)C1=C(C)N=c2s/c(=C/c3ccc(OC(C)=O)cc3OC(C)=O)c(=O)n2C1c1ccc(OC(C)=O)cc1. The number of hydrogen-bond donors (Lipinski definition) is 0. The number of esters is 4. The Morgan fingerprint density at radius 2 is 1.54 bits per heavy atom. The monoisotopic (exact) mass is 578 g/mol. The van der Waals surface area contributed by atoms with Crippen LogP contribution in [0.2, 0.25) is 0 Å². The van der Waals surface area contributed by atoms with E-state index >= 15 is 0 Å². The lowest BCUT2D eigenvalue weighted by Crippen LogP contribution is -2.39. The van der Waals surface area contributed by atoms with E-state index in [0.717, 1.165) is 11.3 Å². The predicted octanol–water partition coefficient (Wildman–Crippen LogP) is 2.57. The molecule has 0 fully saturated rings. The Kier molecular flexibility index (Phi) is 8.62. The van der Waals surface area contributed by atoms with Crippen LogP contribution in [0.15, 0.2) is 63.5 Å². The van der Waals surface area contributed by atoms with E-state index in [4.69, 9.17) is 18.9 Å². The largest absolute Gasteiger partial charge is 0.463 e.